The number of aliphatic carboxylic acids is 2. The predicted molar refractivity (Wildman–Crippen MR) is 99.9 cm³/mol. The van der Waals surface area contributed by atoms with Crippen LogP contribution >= 0.6 is 0 Å². The minimum absolute atomic E-state index is 0.108. The lowest BCUT2D eigenvalue weighted by atomic mass is 9.74. The molecule has 4 nitrogen and oxygen atoms in total. The van der Waals surface area contributed by atoms with Gasteiger partial charge in [-0.15, -0.1) is 0 Å². The van der Waals surface area contributed by atoms with E-state index in [1.807, 2.05) is 6.07 Å². The van der Waals surface area contributed by atoms with Gasteiger partial charge >= 0.3 is 11.9 Å². The third-order valence-electron chi connectivity index (χ3n) is 4.96. The van der Waals surface area contributed by atoms with Crippen molar-refractivity contribution in [2.24, 2.45) is 0 Å². The maximum Gasteiger partial charge on any atom is 0.303 e. The standard InChI is InChI=1S/C21H32O4/c1-21(18-12-6-4-7-13-18,17-11-5-9-15-20(24)25)16-10-3-2-8-14-19(22)23/h4,6-7,12-13H,2-3,5,8-11,14-17H2,1H3,(H,22,23)(H,24,25). The second kappa shape index (κ2) is 11.7. The molecule has 0 saturated heterocycles. The Balaban J connectivity index is 2.46. The van der Waals surface area contributed by atoms with Gasteiger partial charge in [-0.1, -0.05) is 69.4 Å². The number of hydrogen-bond donors (Lipinski definition) is 2. The summed E-state index contributed by atoms with van der Waals surface area (Å²) < 4.78 is 0. The molecule has 0 spiro atoms. The molecule has 0 saturated carbocycles. The SMILES string of the molecule is CC(CCCCCCC(=O)O)(CCCCCC(=O)O)c1ccccc1. The highest BCUT2D eigenvalue weighted by atomic mass is 16.4. The van der Waals surface area contributed by atoms with Crippen LogP contribution in [0.25, 0.3) is 0 Å². The molecule has 1 atom stereocenters. The second-order valence-electron chi connectivity index (χ2n) is 7.19. The summed E-state index contributed by atoms with van der Waals surface area (Å²) in [7, 11) is 0. The van der Waals surface area contributed by atoms with Gasteiger partial charge in [-0.25, -0.2) is 0 Å². The Labute approximate surface area is 151 Å². The summed E-state index contributed by atoms with van der Waals surface area (Å²) in [4.78, 5) is 21.2. The Hall–Kier alpha value is -1.84. The number of carboxylic acids is 2. The van der Waals surface area contributed by atoms with Gasteiger partial charge in [0, 0.05) is 12.8 Å². The van der Waals surface area contributed by atoms with E-state index in [2.05, 4.69) is 31.2 Å². The lowest BCUT2D eigenvalue weighted by molar-refractivity contribution is -0.138. The summed E-state index contributed by atoms with van der Waals surface area (Å²) in [6.07, 6.45) is 9.29. The lowest BCUT2D eigenvalue weighted by Gasteiger charge is -2.31. The Kier molecular flexibility index (Phi) is 9.90. The number of hydrogen-bond acceptors (Lipinski definition) is 2. The van der Waals surface area contributed by atoms with Gasteiger partial charge in [0.2, 0.25) is 0 Å². The Morgan fingerprint density at radius 3 is 1.68 bits per heavy atom. The highest BCUT2D eigenvalue weighted by molar-refractivity contribution is 5.66. The Bertz CT molecular complexity index is 512. The summed E-state index contributed by atoms with van der Waals surface area (Å²) in [5, 5.41) is 17.4. The first-order valence-electron chi connectivity index (χ1n) is 9.43. The molecule has 2 N–H and O–H groups in total. The van der Waals surface area contributed by atoms with Gasteiger partial charge in [-0.2, -0.15) is 0 Å². The molecule has 1 unspecified atom stereocenters. The molecule has 1 aromatic carbocycles. The van der Waals surface area contributed by atoms with Gasteiger partial charge in [0.1, 0.15) is 0 Å². The van der Waals surface area contributed by atoms with Crippen LogP contribution in [0.1, 0.15) is 83.1 Å². The van der Waals surface area contributed by atoms with Crippen LogP contribution in [0.3, 0.4) is 0 Å². The fraction of sp³-hybridized carbons (Fsp3) is 0.619. The van der Waals surface area contributed by atoms with E-state index >= 15 is 0 Å². The summed E-state index contributed by atoms with van der Waals surface area (Å²) in [5.41, 5.74) is 1.45. The average Bonchev–Trinajstić information content (AvgIpc) is 2.58. The molecule has 0 amide bonds. The van der Waals surface area contributed by atoms with Crippen LogP contribution in [0.5, 0.6) is 0 Å². The molecule has 0 aliphatic rings. The van der Waals surface area contributed by atoms with Crippen LogP contribution in [0.4, 0.5) is 0 Å². The summed E-state index contributed by atoms with van der Waals surface area (Å²) in [6, 6.07) is 10.5. The zero-order valence-electron chi connectivity index (χ0n) is 15.4. The molecule has 0 bridgehead atoms. The van der Waals surface area contributed by atoms with E-state index in [1.54, 1.807) is 0 Å². The molecule has 1 rings (SSSR count). The highest BCUT2D eigenvalue weighted by Crippen LogP contribution is 2.35. The van der Waals surface area contributed by atoms with Gasteiger partial charge in [0.25, 0.3) is 0 Å². The smallest absolute Gasteiger partial charge is 0.303 e. The molecule has 0 radical (unpaired) electrons. The highest BCUT2D eigenvalue weighted by Gasteiger charge is 2.25. The average molecular weight is 348 g/mol. The first-order chi connectivity index (χ1) is 11.9. The summed E-state index contributed by atoms with van der Waals surface area (Å²) >= 11 is 0. The lowest BCUT2D eigenvalue weighted by Crippen LogP contribution is -2.22. The van der Waals surface area contributed by atoms with Gasteiger partial charge in [0.15, 0.2) is 0 Å². The van der Waals surface area contributed by atoms with Crippen molar-refractivity contribution in [2.45, 2.75) is 83.0 Å². The maximum atomic E-state index is 10.6. The number of carboxylic acid groups (broad SMARTS) is 2. The normalized spacial score (nSPS) is 13.3. The number of benzene rings is 1. The van der Waals surface area contributed by atoms with E-state index in [1.165, 1.54) is 5.56 Å². The topological polar surface area (TPSA) is 74.6 Å². The first kappa shape index (κ1) is 21.2. The molecule has 4 heteroatoms. The van der Waals surface area contributed by atoms with E-state index in [9.17, 15) is 9.59 Å². The van der Waals surface area contributed by atoms with Gasteiger partial charge in [-0.3, -0.25) is 9.59 Å². The van der Waals surface area contributed by atoms with Crippen molar-refractivity contribution in [1.29, 1.82) is 0 Å². The molecule has 0 fully saturated rings. The third-order valence-corrected chi connectivity index (χ3v) is 4.96. The Morgan fingerprint density at radius 2 is 1.20 bits per heavy atom. The van der Waals surface area contributed by atoms with Crippen LogP contribution in [0.15, 0.2) is 30.3 Å². The fourth-order valence-corrected chi connectivity index (χ4v) is 3.37. The number of unbranched alkanes of at least 4 members (excludes halogenated alkanes) is 5. The van der Waals surface area contributed by atoms with E-state index in [4.69, 9.17) is 10.2 Å². The van der Waals surface area contributed by atoms with Crippen LogP contribution in [-0.2, 0) is 15.0 Å². The molecular weight excluding hydrogens is 316 g/mol. The molecule has 140 valence electrons. The van der Waals surface area contributed by atoms with Crippen molar-refractivity contribution < 1.29 is 19.8 Å². The third kappa shape index (κ3) is 9.28. The van der Waals surface area contributed by atoms with E-state index in [0.717, 1.165) is 57.8 Å². The van der Waals surface area contributed by atoms with Crippen molar-refractivity contribution in [3.05, 3.63) is 35.9 Å². The van der Waals surface area contributed by atoms with Crippen LogP contribution in [-0.4, -0.2) is 22.2 Å². The quantitative estimate of drug-likeness (QED) is 0.441. The zero-order chi connectivity index (χ0) is 18.5. The largest absolute Gasteiger partial charge is 0.481 e. The summed E-state index contributed by atoms with van der Waals surface area (Å²) in [5.74, 6) is -1.43. The van der Waals surface area contributed by atoms with Gasteiger partial charge in [-0.05, 0) is 36.7 Å². The second-order valence-corrected chi connectivity index (χ2v) is 7.19. The Morgan fingerprint density at radius 1 is 0.760 bits per heavy atom. The van der Waals surface area contributed by atoms with Gasteiger partial charge in [0.05, 0.1) is 0 Å². The molecule has 0 aromatic heterocycles. The molecular formula is C21H32O4. The van der Waals surface area contributed by atoms with E-state index < -0.39 is 11.9 Å². The van der Waals surface area contributed by atoms with Crippen molar-refractivity contribution in [3.63, 3.8) is 0 Å². The minimum Gasteiger partial charge on any atom is -0.481 e. The molecule has 25 heavy (non-hydrogen) atoms. The summed E-state index contributed by atoms with van der Waals surface area (Å²) in [6.45, 7) is 2.30. The first-order valence-corrected chi connectivity index (χ1v) is 9.43. The van der Waals surface area contributed by atoms with Crippen molar-refractivity contribution in [3.8, 4) is 0 Å². The van der Waals surface area contributed by atoms with Crippen molar-refractivity contribution >= 4 is 11.9 Å². The van der Waals surface area contributed by atoms with Gasteiger partial charge < -0.3 is 10.2 Å². The molecule has 1 aromatic rings. The van der Waals surface area contributed by atoms with Crippen LogP contribution < -0.4 is 0 Å². The number of carbonyl (C=O) groups is 2. The van der Waals surface area contributed by atoms with E-state index in [0.29, 0.717) is 0 Å². The maximum absolute atomic E-state index is 10.6. The van der Waals surface area contributed by atoms with Crippen LogP contribution in [0.2, 0.25) is 0 Å². The molecule has 0 aliphatic heterocycles. The monoisotopic (exact) mass is 348 g/mol. The fourth-order valence-electron chi connectivity index (χ4n) is 3.37. The van der Waals surface area contributed by atoms with Crippen LogP contribution in [0, 0.1) is 0 Å². The predicted octanol–water partition coefficient (Wildman–Crippen LogP) is 5.40. The van der Waals surface area contributed by atoms with E-state index in [-0.39, 0.29) is 18.3 Å². The van der Waals surface area contributed by atoms with Crippen molar-refractivity contribution in [2.75, 3.05) is 0 Å². The molecule has 0 heterocycles. The number of rotatable bonds is 14. The minimum atomic E-state index is -0.716. The van der Waals surface area contributed by atoms with Crippen molar-refractivity contribution in [1.82, 2.24) is 0 Å². The zero-order valence-corrected chi connectivity index (χ0v) is 15.4. The molecule has 0 aliphatic carbocycles.